The minimum absolute atomic E-state index is 0. The highest BCUT2D eigenvalue weighted by Crippen LogP contribution is 2.30. The fourth-order valence-corrected chi connectivity index (χ4v) is 2.49. The second-order valence-corrected chi connectivity index (χ2v) is 4.58. The second-order valence-electron chi connectivity index (χ2n) is 4.58. The van der Waals surface area contributed by atoms with Gasteiger partial charge in [-0.3, -0.25) is 0 Å². The summed E-state index contributed by atoms with van der Waals surface area (Å²) in [5, 5.41) is 3.44. The third-order valence-electron chi connectivity index (χ3n) is 3.40. The maximum Gasteiger partial charge on any atom is 0.119 e. The number of halogens is 1. The standard InChI is InChI=1S/C14H21NO.ClH/c1-3-16-13-6-4-12(5-7-13)14-8-9-15-10-11(14)2;/h4-7,11,14-15H,3,8-10H2,1-2H3;1H. The van der Waals surface area contributed by atoms with Crippen molar-refractivity contribution in [2.75, 3.05) is 19.7 Å². The van der Waals surface area contributed by atoms with E-state index in [2.05, 4.69) is 36.5 Å². The van der Waals surface area contributed by atoms with E-state index < -0.39 is 0 Å². The Kier molecular flexibility index (Phi) is 5.79. The van der Waals surface area contributed by atoms with E-state index in [1.54, 1.807) is 0 Å². The third-order valence-corrected chi connectivity index (χ3v) is 3.40. The van der Waals surface area contributed by atoms with Gasteiger partial charge in [-0.2, -0.15) is 0 Å². The van der Waals surface area contributed by atoms with E-state index in [-0.39, 0.29) is 12.4 Å². The molecule has 0 amide bonds. The molecule has 0 saturated carbocycles. The van der Waals surface area contributed by atoms with E-state index in [4.69, 9.17) is 4.74 Å². The zero-order valence-electron chi connectivity index (χ0n) is 10.6. The number of nitrogens with one attached hydrogen (secondary N) is 1. The molecular weight excluding hydrogens is 234 g/mol. The number of rotatable bonds is 3. The largest absolute Gasteiger partial charge is 0.494 e. The van der Waals surface area contributed by atoms with Crippen molar-refractivity contribution in [1.82, 2.24) is 5.32 Å². The molecule has 0 radical (unpaired) electrons. The molecule has 3 heteroatoms. The molecule has 1 aromatic rings. The van der Waals surface area contributed by atoms with Crippen molar-refractivity contribution in [2.24, 2.45) is 5.92 Å². The van der Waals surface area contributed by atoms with E-state index >= 15 is 0 Å². The summed E-state index contributed by atoms with van der Waals surface area (Å²) in [7, 11) is 0. The smallest absolute Gasteiger partial charge is 0.119 e. The highest BCUT2D eigenvalue weighted by molar-refractivity contribution is 5.85. The summed E-state index contributed by atoms with van der Waals surface area (Å²) in [5.41, 5.74) is 1.46. The molecule has 1 heterocycles. The molecule has 2 rings (SSSR count). The minimum Gasteiger partial charge on any atom is -0.494 e. The average Bonchev–Trinajstić information content (AvgIpc) is 2.31. The lowest BCUT2D eigenvalue weighted by Crippen LogP contribution is -2.33. The highest BCUT2D eigenvalue weighted by Gasteiger charge is 2.22. The second kappa shape index (κ2) is 6.87. The molecule has 2 nitrogen and oxygen atoms in total. The van der Waals surface area contributed by atoms with Crippen molar-refractivity contribution in [1.29, 1.82) is 0 Å². The lowest BCUT2D eigenvalue weighted by molar-refractivity contribution is 0.337. The Balaban J connectivity index is 0.00000144. The quantitative estimate of drug-likeness (QED) is 0.896. The zero-order chi connectivity index (χ0) is 11.4. The monoisotopic (exact) mass is 255 g/mol. The summed E-state index contributed by atoms with van der Waals surface area (Å²) in [6.07, 6.45) is 1.25. The normalized spacial score (nSPS) is 23.9. The van der Waals surface area contributed by atoms with Gasteiger partial charge in [0.25, 0.3) is 0 Å². The van der Waals surface area contributed by atoms with Crippen LogP contribution in [0.25, 0.3) is 0 Å². The van der Waals surface area contributed by atoms with Crippen molar-refractivity contribution < 1.29 is 4.74 Å². The average molecular weight is 256 g/mol. The lowest BCUT2D eigenvalue weighted by atomic mass is 9.82. The van der Waals surface area contributed by atoms with Crippen LogP contribution in [0.4, 0.5) is 0 Å². The third kappa shape index (κ3) is 3.62. The van der Waals surface area contributed by atoms with Crippen molar-refractivity contribution in [2.45, 2.75) is 26.2 Å². The molecule has 1 fully saturated rings. The Hall–Kier alpha value is -0.730. The van der Waals surface area contributed by atoms with Crippen LogP contribution in [0, 0.1) is 5.92 Å². The SMILES string of the molecule is CCOc1ccc(C2CCNCC2C)cc1.Cl. The summed E-state index contributed by atoms with van der Waals surface area (Å²) in [6, 6.07) is 8.62. The van der Waals surface area contributed by atoms with Crippen LogP contribution in [0.1, 0.15) is 31.7 Å². The molecule has 1 N–H and O–H groups in total. The van der Waals surface area contributed by atoms with E-state index in [9.17, 15) is 0 Å². The molecule has 1 aromatic carbocycles. The molecule has 2 unspecified atom stereocenters. The van der Waals surface area contributed by atoms with Crippen LogP contribution in [0.5, 0.6) is 5.75 Å². The van der Waals surface area contributed by atoms with Crippen LogP contribution < -0.4 is 10.1 Å². The maximum atomic E-state index is 5.46. The first-order valence-electron chi connectivity index (χ1n) is 6.24. The molecule has 1 saturated heterocycles. The number of piperidine rings is 1. The van der Waals surface area contributed by atoms with E-state index in [0.717, 1.165) is 31.4 Å². The lowest BCUT2D eigenvalue weighted by Gasteiger charge is -2.29. The summed E-state index contributed by atoms with van der Waals surface area (Å²) >= 11 is 0. The van der Waals surface area contributed by atoms with Gasteiger partial charge in [-0.1, -0.05) is 19.1 Å². The molecule has 17 heavy (non-hydrogen) atoms. The van der Waals surface area contributed by atoms with E-state index in [0.29, 0.717) is 5.92 Å². The van der Waals surface area contributed by atoms with Crippen LogP contribution >= 0.6 is 12.4 Å². The Morgan fingerprint density at radius 2 is 2.00 bits per heavy atom. The fourth-order valence-electron chi connectivity index (χ4n) is 2.49. The highest BCUT2D eigenvalue weighted by atomic mass is 35.5. The van der Waals surface area contributed by atoms with Crippen molar-refractivity contribution >= 4 is 12.4 Å². The van der Waals surface area contributed by atoms with Gasteiger partial charge < -0.3 is 10.1 Å². The zero-order valence-corrected chi connectivity index (χ0v) is 11.4. The fraction of sp³-hybridized carbons (Fsp3) is 0.571. The van der Waals surface area contributed by atoms with Crippen LogP contribution in [0.2, 0.25) is 0 Å². The number of hydrogen-bond acceptors (Lipinski definition) is 2. The first-order valence-corrected chi connectivity index (χ1v) is 6.24. The van der Waals surface area contributed by atoms with Crippen molar-refractivity contribution in [3.8, 4) is 5.75 Å². The Bertz CT molecular complexity index is 325. The first-order chi connectivity index (χ1) is 7.81. The Labute approximate surface area is 110 Å². The Morgan fingerprint density at radius 3 is 2.59 bits per heavy atom. The number of benzene rings is 1. The van der Waals surface area contributed by atoms with Gasteiger partial charge in [0.2, 0.25) is 0 Å². The summed E-state index contributed by atoms with van der Waals surface area (Å²) in [5.74, 6) is 2.41. The van der Waals surface area contributed by atoms with Crippen LogP contribution in [-0.4, -0.2) is 19.7 Å². The summed E-state index contributed by atoms with van der Waals surface area (Å²) in [4.78, 5) is 0. The summed E-state index contributed by atoms with van der Waals surface area (Å²) < 4.78 is 5.46. The molecule has 0 spiro atoms. The number of hydrogen-bond donors (Lipinski definition) is 1. The molecule has 0 aliphatic carbocycles. The van der Waals surface area contributed by atoms with Crippen LogP contribution in [0.3, 0.4) is 0 Å². The molecule has 96 valence electrons. The number of ether oxygens (including phenoxy) is 1. The predicted octanol–water partition coefficient (Wildman–Crippen LogP) is 3.22. The Morgan fingerprint density at radius 1 is 1.29 bits per heavy atom. The molecular formula is C14H22ClNO. The topological polar surface area (TPSA) is 21.3 Å². The molecule has 1 aliphatic rings. The molecule has 2 atom stereocenters. The van der Waals surface area contributed by atoms with E-state index in [1.165, 1.54) is 12.0 Å². The maximum absolute atomic E-state index is 5.46. The van der Waals surface area contributed by atoms with Crippen molar-refractivity contribution in [3.05, 3.63) is 29.8 Å². The van der Waals surface area contributed by atoms with Gasteiger partial charge in [0, 0.05) is 0 Å². The minimum atomic E-state index is 0. The van der Waals surface area contributed by atoms with Gasteiger partial charge in [-0.15, -0.1) is 12.4 Å². The molecule has 1 aliphatic heterocycles. The first kappa shape index (κ1) is 14.3. The molecule has 0 aromatic heterocycles. The van der Waals surface area contributed by atoms with Gasteiger partial charge in [-0.25, -0.2) is 0 Å². The van der Waals surface area contributed by atoms with Crippen LogP contribution in [0.15, 0.2) is 24.3 Å². The van der Waals surface area contributed by atoms with Gasteiger partial charge in [0.05, 0.1) is 6.61 Å². The van der Waals surface area contributed by atoms with Crippen LogP contribution in [-0.2, 0) is 0 Å². The van der Waals surface area contributed by atoms with Gasteiger partial charge in [0.1, 0.15) is 5.75 Å². The van der Waals surface area contributed by atoms with Gasteiger partial charge in [0.15, 0.2) is 0 Å². The van der Waals surface area contributed by atoms with Crippen molar-refractivity contribution in [3.63, 3.8) is 0 Å². The molecule has 0 bridgehead atoms. The van der Waals surface area contributed by atoms with Gasteiger partial charge >= 0.3 is 0 Å². The summed E-state index contributed by atoms with van der Waals surface area (Å²) in [6.45, 7) is 7.36. The van der Waals surface area contributed by atoms with E-state index in [1.807, 2.05) is 6.92 Å². The predicted molar refractivity (Wildman–Crippen MR) is 74.3 cm³/mol. The van der Waals surface area contributed by atoms with Gasteiger partial charge in [-0.05, 0) is 56.0 Å².